The summed E-state index contributed by atoms with van der Waals surface area (Å²) >= 11 is 0. The van der Waals surface area contributed by atoms with Crippen LogP contribution in [0, 0.1) is 46.3 Å². The first-order chi connectivity index (χ1) is 23.6. The molecule has 3 fully saturated rings. The minimum absolute atomic E-state index is 0.00350. The molecule has 0 saturated heterocycles. The van der Waals surface area contributed by atoms with E-state index in [4.69, 9.17) is 4.74 Å². The van der Waals surface area contributed by atoms with Crippen molar-refractivity contribution < 1.29 is 19.7 Å². The molecule has 4 rings (SSSR count). The van der Waals surface area contributed by atoms with Crippen LogP contribution in [0.5, 0.6) is 0 Å². The lowest BCUT2D eigenvalue weighted by atomic mass is 9.47. The Hall–Kier alpha value is -1.55. The standard InChI is InChI=1S/C45H76O4/c1-7-8-9-10-11-13-16-22-37(49-47)23-17-14-12-15-18-24-43(46)48-38-29-31-44(5)36(33-38)25-26-39-41-28-27-40(35(4)21-19-20-34(2)3)45(41,6)32-30-42(39)44/h13,16,22,25,34-35,38-42,47H,7-12,14-15,17-21,23-24,26-33H2,1-6H3/b16-13-,37-22+/t35-,38+,39+,40-,41+,42+,44+,45-/m1/s1. The summed E-state index contributed by atoms with van der Waals surface area (Å²) in [4.78, 5) is 17.4. The molecule has 49 heavy (non-hydrogen) atoms. The van der Waals surface area contributed by atoms with Gasteiger partial charge in [-0.25, -0.2) is 5.26 Å². The van der Waals surface area contributed by atoms with Gasteiger partial charge in [-0.15, -0.1) is 0 Å². The van der Waals surface area contributed by atoms with Gasteiger partial charge in [-0.05, 0) is 123 Å². The average Bonchev–Trinajstić information content (AvgIpc) is 3.43. The van der Waals surface area contributed by atoms with E-state index in [2.05, 4.69) is 58.6 Å². The van der Waals surface area contributed by atoms with Crippen LogP contribution in [0.25, 0.3) is 0 Å². The zero-order chi connectivity index (χ0) is 35.3. The SMILES string of the molecule is CCCCCC/C=C\C=C(/CCCCCCCC(=O)O[C@H]1CC[C@@]2(C)C(=CC[C@H]3[C@@H]4CC[C@H]([C@H](C)CCCC(C)C)[C@@]4(C)CC[C@@H]32)C1)OO. The third kappa shape index (κ3) is 11.0. The normalized spacial score (nSPS) is 32.0. The molecule has 0 aromatic rings. The Kier molecular flexibility index (Phi) is 16.3. The predicted octanol–water partition coefficient (Wildman–Crippen LogP) is 13.6. The molecule has 4 nitrogen and oxygen atoms in total. The molecular formula is C45H76O4. The van der Waals surface area contributed by atoms with E-state index in [1.54, 1.807) is 5.57 Å². The van der Waals surface area contributed by atoms with Crippen molar-refractivity contribution in [3.63, 3.8) is 0 Å². The van der Waals surface area contributed by atoms with E-state index in [1.807, 2.05) is 12.2 Å². The van der Waals surface area contributed by atoms with Gasteiger partial charge in [0.1, 0.15) is 11.9 Å². The van der Waals surface area contributed by atoms with E-state index < -0.39 is 0 Å². The number of ether oxygens (including phenoxy) is 1. The van der Waals surface area contributed by atoms with Crippen LogP contribution >= 0.6 is 0 Å². The lowest BCUT2D eigenvalue weighted by molar-refractivity contribution is -0.205. The molecule has 8 atom stereocenters. The Balaban J connectivity index is 1.14. The molecule has 0 heterocycles. The summed E-state index contributed by atoms with van der Waals surface area (Å²) in [5, 5.41) is 9.21. The smallest absolute Gasteiger partial charge is 0.306 e. The van der Waals surface area contributed by atoms with Crippen molar-refractivity contribution in [3.05, 3.63) is 35.6 Å². The van der Waals surface area contributed by atoms with Gasteiger partial charge in [-0.1, -0.05) is 123 Å². The van der Waals surface area contributed by atoms with E-state index in [1.165, 1.54) is 83.5 Å². The number of rotatable bonds is 21. The van der Waals surface area contributed by atoms with Gasteiger partial charge >= 0.3 is 5.97 Å². The predicted molar refractivity (Wildman–Crippen MR) is 205 cm³/mol. The van der Waals surface area contributed by atoms with Crippen LogP contribution in [-0.4, -0.2) is 17.3 Å². The van der Waals surface area contributed by atoms with Crippen molar-refractivity contribution in [2.75, 3.05) is 0 Å². The summed E-state index contributed by atoms with van der Waals surface area (Å²) < 4.78 is 6.10. The summed E-state index contributed by atoms with van der Waals surface area (Å²) in [6.45, 7) is 14.8. The molecule has 1 N–H and O–H groups in total. The monoisotopic (exact) mass is 681 g/mol. The number of carbonyl (C=O) groups is 1. The average molecular weight is 681 g/mol. The summed E-state index contributed by atoms with van der Waals surface area (Å²) in [6.07, 6.45) is 35.6. The molecule has 4 aliphatic carbocycles. The maximum absolute atomic E-state index is 12.8. The highest BCUT2D eigenvalue weighted by atomic mass is 17.1. The summed E-state index contributed by atoms with van der Waals surface area (Å²) in [6, 6.07) is 0. The first kappa shape index (κ1) is 40.2. The minimum Gasteiger partial charge on any atom is -0.462 e. The van der Waals surface area contributed by atoms with Gasteiger partial charge in [-0.2, -0.15) is 0 Å². The van der Waals surface area contributed by atoms with E-state index in [-0.39, 0.29) is 12.1 Å². The molecule has 0 aromatic heterocycles. The molecule has 4 aliphatic rings. The van der Waals surface area contributed by atoms with Crippen LogP contribution < -0.4 is 0 Å². The van der Waals surface area contributed by atoms with Gasteiger partial charge in [-0.3, -0.25) is 4.79 Å². The van der Waals surface area contributed by atoms with Gasteiger partial charge in [0.05, 0.1) is 0 Å². The number of unbranched alkanes of at least 4 members (excludes halogenated alkanes) is 8. The second-order valence-electron chi connectivity index (χ2n) is 17.9. The second kappa shape index (κ2) is 19.9. The van der Waals surface area contributed by atoms with Crippen molar-refractivity contribution in [2.45, 2.75) is 195 Å². The lowest BCUT2D eigenvalue weighted by Crippen LogP contribution is -2.51. The van der Waals surface area contributed by atoms with Crippen LogP contribution in [0.15, 0.2) is 35.6 Å². The molecular weight excluding hydrogens is 604 g/mol. The Morgan fingerprint density at radius 1 is 0.898 bits per heavy atom. The van der Waals surface area contributed by atoms with Crippen LogP contribution in [0.4, 0.5) is 0 Å². The third-order valence-corrected chi connectivity index (χ3v) is 14.1. The van der Waals surface area contributed by atoms with Crippen LogP contribution in [0.3, 0.4) is 0 Å². The molecule has 4 heteroatoms. The highest BCUT2D eigenvalue weighted by molar-refractivity contribution is 5.69. The topological polar surface area (TPSA) is 55.8 Å². The molecule has 0 unspecified atom stereocenters. The van der Waals surface area contributed by atoms with Gasteiger partial charge in [0.25, 0.3) is 0 Å². The van der Waals surface area contributed by atoms with Crippen molar-refractivity contribution in [1.82, 2.24) is 0 Å². The molecule has 0 spiro atoms. The van der Waals surface area contributed by atoms with Crippen LogP contribution in [0.2, 0.25) is 0 Å². The zero-order valence-corrected chi connectivity index (χ0v) is 32.8. The molecule has 0 bridgehead atoms. The van der Waals surface area contributed by atoms with Crippen molar-refractivity contribution in [1.29, 1.82) is 0 Å². The number of fused-ring (bicyclic) bond motifs is 5. The zero-order valence-electron chi connectivity index (χ0n) is 32.8. The summed E-state index contributed by atoms with van der Waals surface area (Å²) in [7, 11) is 0. The molecule has 0 amide bonds. The van der Waals surface area contributed by atoms with Crippen molar-refractivity contribution in [2.24, 2.45) is 46.3 Å². The van der Waals surface area contributed by atoms with Crippen molar-refractivity contribution in [3.8, 4) is 0 Å². The molecule has 0 aliphatic heterocycles. The van der Waals surface area contributed by atoms with Gasteiger partial charge in [0.2, 0.25) is 0 Å². The van der Waals surface area contributed by atoms with E-state index in [0.29, 0.717) is 23.0 Å². The number of carbonyl (C=O) groups excluding carboxylic acids is 1. The van der Waals surface area contributed by atoms with Gasteiger partial charge < -0.3 is 9.62 Å². The van der Waals surface area contributed by atoms with E-state index in [9.17, 15) is 10.1 Å². The fourth-order valence-electron chi connectivity index (χ4n) is 11.2. The quantitative estimate of drug-likeness (QED) is 0.0249. The minimum atomic E-state index is -0.00350. The largest absolute Gasteiger partial charge is 0.462 e. The molecule has 0 radical (unpaired) electrons. The molecule has 3 saturated carbocycles. The third-order valence-electron chi connectivity index (χ3n) is 14.1. The van der Waals surface area contributed by atoms with Crippen LogP contribution in [-0.2, 0) is 14.4 Å². The first-order valence-corrected chi connectivity index (χ1v) is 21.2. The maximum Gasteiger partial charge on any atom is 0.306 e. The number of hydrogen-bond donors (Lipinski definition) is 1. The number of hydrogen-bond acceptors (Lipinski definition) is 4. The number of allylic oxidation sites excluding steroid dienone is 5. The summed E-state index contributed by atoms with van der Waals surface area (Å²) in [5.74, 6) is 5.77. The Bertz CT molecular complexity index is 1090. The lowest BCUT2D eigenvalue weighted by Gasteiger charge is -2.58. The van der Waals surface area contributed by atoms with Gasteiger partial charge in [0.15, 0.2) is 0 Å². The highest BCUT2D eigenvalue weighted by Crippen LogP contribution is 2.67. The fraction of sp³-hybridized carbons (Fsp3) is 0.844. The van der Waals surface area contributed by atoms with Crippen molar-refractivity contribution >= 4 is 5.97 Å². The second-order valence-corrected chi connectivity index (χ2v) is 17.9. The highest BCUT2D eigenvalue weighted by Gasteiger charge is 2.59. The van der Waals surface area contributed by atoms with Crippen LogP contribution in [0.1, 0.15) is 189 Å². The van der Waals surface area contributed by atoms with E-state index in [0.717, 1.165) is 93.3 Å². The fourth-order valence-corrected chi connectivity index (χ4v) is 11.2. The Morgan fingerprint density at radius 3 is 2.41 bits per heavy atom. The first-order valence-electron chi connectivity index (χ1n) is 21.2. The summed E-state index contributed by atoms with van der Waals surface area (Å²) in [5.41, 5.74) is 2.45. The molecule has 280 valence electrons. The number of esters is 1. The van der Waals surface area contributed by atoms with E-state index >= 15 is 0 Å². The Labute approximate surface area is 302 Å². The maximum atomic E-state index is 12.8. The Morgan fingerprint density at radius 2 is 1.65 bits per heavy atom. The molecule has 0 aromatic carbocycles. The van der Waals surface area contributed by atoms with Gasteiger partial charge in [0, 0.05) is 19.3 Å².